The maximum atomic E-state index is 14.9. The van der Waals surface area contributed by atoms with Gasteiger partial charge in [-0.15, -0.1) is 0 Å². The first-order valence-electron chi connectivity index (χ1n) is 35.9. The maximum Gasteiger partial charge on any atom is 0.328 e. The fourth-order valence-electron chi connectivity index (χ4n) is 11.6. The third-order valence-electron chi connectivity index (χ3n) is 17.9. The van der Waals surface area contributed by atoms with Crippen LogP contribution >= 0.6 is 12.6 Å². The highest BCUT2D eigenvalue weighted by atomic mass is 32.1. The molecule has 3 aromatic rings. The van der Waals surface area contributed by atoms with Crippen molar-refractivity contribution >= 4 is 101 Å². The minimum Gasteiger partial charge on any atom is -0.508 e. The minimum absolute atomic E-state index is 0.0548. The Morgan fingerprint density at radius 1 is 0.486 bits per heavy atom. The van der Waals surface area contributed by atoms with Crippen molar-refractivity contribution in [3.63, 3.8) is 0 Å². The number of aliphatic hydroxyl groups excluding tert-OH is 3. The summed E-state index contributed by atoms with van der Waals surface area (Å²) in [6.45, 7) is 12.0. The number of carboxylic acid groups (broad SMARTS) is 2. The van der Waals surface area contributed by atoms with Crippen LogP contribution < -0.4 is 69.5 Å². The van der Waals surface area contributed by atoms with Crippen LogP contribution in [0.5, 0.6) is 5.75 Å². The quantitative estimate of drug-likeness (QED) is 0.0245. The molecule has 1 heterocycles. The number of carbonyl (C=O) groups excluding carboxylic acids is 13. The molecule has 0 aliphatic carbocycles. The second kappa shape index (κ2) is 44.9. The van der Waals surface area contributed by atoms with Crippen molar-refractivity contribution < 1.29 is 103 Å². The first-order chi connectivity index (χ1) is 51.3. The van der Waals surface area contributed by atoms with Crippen LogP contribution in [0, 0.1) is 17.8 Å². The number of carboxylic acids is 2. The fourth-order valence-corrected chi connectivity index (χ4v) is 11.8. The van der Waals surface area contributed by atoms with E-state index in [1.165, 1.54) is 31.2 Å². The predicted molar refractivity (Wildman–Crippen MR) is 397 cm³/mol. The van der Waals surface area contributed by atoms with Gasteiger partial charge >= 0.3 is 11.9 Å². The molecular weight excluding hydrogens is 1440 g/mol. The van der Waals surface area contributed by atoms with Crippen molar-refractivity contribution in [2.75, 3.05) is 25.4 Å². The molecule has 4 rings (SSSR count). The Morgan fingerprint density at radius 3 is 1.39 bits per heavy atom. The van der Waals surface area contributed by atoms with Crippen LogP contribution in [0.2, 0.25) is 0 Å². The summed E-state index contributed by atoms with van der Waals surface area (Å²) in [5.74, 6) is -16.7. The number of nitrogens with zero attached hydrogens (tertiary/aromatic N) is 1. The van der Waals surface area contributed by atoms with E-state index in [4.69, 9.17) is 5.73 Å². The van der Waals surface area contributed by atoms with E-state index in [1.54, 1.807) is 88.4 Å². The van der Waals surface area contributed by atoms with Crippen molar-refractivity contribution in [2.24, 2.45) is 23.5 Å². The van der Waals surface area contributed by atoms with Crippen LogP contribution in [0.1, 0.15) is 118 Å². The molecule has 36 heteroatoms. The summed E-state index contributed by atoms with van der Waals surface area (Å²) in [5.41, 5.74) is 7.35. The molecule has 16 atom stereocenters. The molecule has 1 aliphatic heterocycles. The molecule has 0 bridgehead atoms. The van der Waals surface area contributed by atoms with Gasteiger partial charge < -0.3 is 105 Å². The molecule has 0 unspecified atom stereocenters. The second-order valence-corrected chi connectivity index (χ2v) is 28.1. The van der Waals surface area contributed by atoms with Gasteiger partial charge in [0.05, 0.1) is 37.4 Å². The molecule has 0 radical (unpaired) electrons. The zero-order valence-electron chi connectivity index (χ0n) is 62.4. The Bertz CT molecular complexity index is 3610. The van der Waals surface area contributed by atoms with Crippen LogP contribution in [0.4, 0.5) is 0 Å². The highest BCUT2D eigenvalue weighted by Gasteiger charge is 2.43. The number of hydrogen-bond acceptors (Lipinski definition) is 21. The second-order valence-electron chi connectivity index (χ2n) is 27.8. The standard InChI is InChI=1S/C73H106N14O21S/c1-10-39(6)58(71(105)86-61(42(9)90)73(107)108)83-68(102)53-22-17-29-87(53)72(106)60(41(8)89)85-67(101)51(33-45-23-25-46(91)26-24-45)80-66(100)50(32-44-20-15-12-16-21-44)79-65(99)49(31-43-18-13-11-14-19-43)78-55(93)35-76-69(103)59(40(7)88)84-64(98)48(27-28-56(94)95)77-54(92)34-75-63(97)52(36-109)81-70(104)57(38(4)5)82-62(96)47(74)30-37(2)3/h11-16,18-21,23-26,37-42,47-53,57-61,88-91,109H,10,17,22,27-36,74H2,1-9H3,(H,75,97)(H,76,103)(H,77,92)(H,78,93)(H,79,99)(H,80,100)(H,81,104)(H,82,96)(H,83,102)(H,84,98)(H,85,101)(H,86,105)(H,94,95)(H,107,108)/t39-,40+,41+,42+,47-,48-,49-,50-,51-,52-,53-,57-,58-,59-,60-,61-/m0/s1. The van der Waals surface area contributed by atoms with E-state index < -0.39 is 217 Å². The van der Waals surface area contributed by atoms with Gasteiger partial charge in [-0.2, -0.15) is 12.6 Å². The first kappa shape index (κ1) is 91.1. The number of benzene rings is 3. The van der Waals surface area contributed by atoms with Gasteiger partial charge in [-0.05, 0) is 93.0 Å². The number of phenols is 1. The number of nitrogens with two attached hydrogens (primary N) is 1. The highest BCUT2D eigenvalue weighted by Crippen LogP contribution is 2.22. The fraction of sp³-hybridized carbons (Fsp3) is 0.548. The number of amides is 13. The number of aliphatic hydroxyl groups is 3. The topological polar surface area (TPSA) is 551 Å². The Kier molecular flexibility index (Phi) is 37.5. The van der Waals surface area contributed by atoms with Gasteiger partial charge in [0.2, 0.25) is 76.8 Å². The average Bonchev–Trinajstić information content (AvgIpc) is 1.74. The molecule has 0 aromatic heterocycles. The van der Waals surface area contributed by atoms with Gasteiger partial charge in [-0.25, -0.2) is 4.79 Å². The summed E-state index contributed by atoms with van der Waals surface area (Å²) < 4.78 is 0. The Balaban J connectivity index is 1.55. The number of nitrogens with one attached hydrogen (secondary N) is 12. The summed E-state index contributed by atoms with van der Waals surface area (Å²) in [4.78, 5) is 206. The zero-order valence-corrected chi connectivity index (χ0v) is 63.3. The molecule has 1 fully saturated rings. The smallest absolute Gasteiger partial charge is 0.328 e. The molecule has 1 saturated heterocycles. The molecule has 109 heavy (non-hydrogen) atoms. The zero-order chi connectivity index (χ0) is 81.5. The van der Waals surface area contributed by atoms with Crippen molar-refractivity contribution in [1.29, 1.82) is 0 Å². The third-order valence-corrected chi connectivity index (χ3v) is 18.3. The number of aliphatic carboxylic acids is 2. The lowest BCUT2D eigenvalue weighted by Gasteiger charge is -2.32. The molecule has 3 aromatic carbocycles. The van der Waals surface area contributed by atoms with Crippen molar-refractivity contribution in [1.82, 2.24) is 68.7 Å². The first-order valence-corrected chi connectivity index (χ1v) is 36.6. The van der Waals surface area contributed by atoms with Crippen LogP contribution in [-0.4, -0.2) is 240 Å². The van der Waals surface area contributed by atoms with E-state index >= 15 is 0 Å². The summed E-state index contributed by atoms with van der Waals surface area (Å²) in [6.07, 6.45) is -6.02. The maximum absolute atomic E-state index is 14.9. The monoisotopic (exact) mass is 1550 g/mol. The lowest BCUT2D eigenvalue weighted by atomic mass is 9.97. The normalized spacial score (nSPS) is 16.8. The van der Waals surface area contributed by atoms with Gasteiger partial charge in [-0.1, -0.05) is 121 Å². The highest BCUT2D eigenvalue weighted by molar-refractivity contribution is 7.80. The molecule has 600 valence electrons. The molecule has 20 N–H and O–H groups in total. The van der Waals surface area contributed by atoms with Gasteiger partial charge in [0.1, 0.15) is 66.2 Å². The van der Waals surface area contributed by atoms with Crippen molar-refractivity contribution in [2.45, 2.75) is 211 Å². The molecule has 0 spiro atoms. The van der Waals surface area contributed by atoms with Crippen molar-refractivity contribution in [3.8, 4) is 5.75 Å². The number of rotatable bonds is 44. The van der Waals surface area contributed by atoms with Gasteiger partial charge in [0, 0.05) is 38.0 Å². The van der Waals surface area contributed by atoms with E-state index in [1.807, 2.05) is 13.8 Å². The van der Waals surface area contributed by atoms with Crippen LogP contribution in [0.3, 0.4) is 0 Å². The number of hydrogen-bond donors (Lipinski definition) is 20. The SMILES string of the molecule is CC[C@H](C)[C@H](NC(=O)[C@@H]1CCCN1C(=O)[C@@H](NC(=O)[C@H](Cc1ccc(O)cc1)NC(=O)[C@H](Cc1ccccc1)NC(=O)[C@H](Cc1ccccc1)NC(=O)CNC(=O)[C@@H](NC(=O)[C@H](CCC(=O)O)NC(=O)CNC(=O)[C@H](CS)NC(=O)[C@@H](NC(=O)[C@@H](N)CC(C)C)C(C)C)[C@@H](C)O)[C@@H](C)O)C(=O)N[C@H](C(=O)O)[C@@H](C)O. The Morgan fingerprint density at radius 2 is 0.917 bits per heavy atom. The Labute approximate surface area is 637 Å². The van der Waals surface area contributed by atoms with E-state index in [0.717, 1.165) is 18.7 Å². The van der Waals surface area contributed by atoms with E-state index in [0.29, 0.717) is 29.5 Å². The van der Waals surface area contributed by atoms with Gasteiger partial charge in [0.15, 0.2) is 6.04 Å². The summed E-state index contributed by atoms with van der Waals surface area (Å²) in [6, 6.07) is 4.16. The minimum atomic E-state index is -1.89. The number of aromatic hydroxyl groups is 1. The largest absolute Gasteiger partial charge is 0.508 e. The Hall–Kier alpha value is -10.3. The summed E-state index contributed by atoms with van der Waals surface area (Å²) in [5, 5.41) is 90.8. The lowest BCUT2D eigenvalue weighted by Crippen LogP contribution is -2.62. The van der Waals surface area contributed by atoms with E-state index in [-0.39, 0.29) is 56.1 Å². The molecule has 0 saturated carbocycles. The molecular formula is C73H106N14O21S. The number of carbonyl (C=O) groups is 15. The van der Waals surface area contributed by atoms with Gasteiger partial charge in [0.25, 0.3) is 0 Å². The van der Waals surface area contributed by atoms with Gasteiger partial charge in [-0.3, -0.25) is 67.1 Å². The molecule has 13 amide bonds. The average molecular weight is 1550 g/mol. The van der Waals surface area contributed by atoms with E-state index in [9.17, 15) is 103 Å². The van der Waals surface area contributed by atoms with E-state index in [2.05, 4.69) is 76.4 Å². The summed E-state index contributed by atoms with van der Waals surface area (Å²) >= 11 is 4.16. The number of likely N-dealkylation sites (tertiary alicyclic amines) is 1. The number of phenolic OH excluding ortho intramolecular Hbond substituents is 1. The van der Waals surface area contributed by atoms with Crippen LogP contribution in [0.25, 0.3) is 0 Å². The van der Waals surface area contributed by atoms with Crippen LogP contribution in [0.15, 0.2) is 84.9 Å². The van der Waals surface area contributed by atoms with Crippen LogP contribution in [-0.2, 0) is 91.2 Å². The number of thiol groups is 1. The predicted octanol–water partition coefficient (Wildman–Crippen LogP) is -3.41. The molecule has 1 aliphatic rings. The van der Waals surface area contributed by atoms with Crippen molar-refractivity contribution in [3.05, 3.63) is 102 Å². The molecule has 35 nitrogen and oxygen atoms in total. The lowest BCUT2D eigenvalue weighted by molar-refractivity contribution is -0.146. The third kappa shape index (κ3) is 30.0. The summed E-state index contributed by atoms with van der Waals surface area (Å²) in [7, 11) is 0.